The van der Waals surface area contributed by atoms with E-state index < -0.39 is 15.9 Å². The Kier molecular flexibility index (Phi) is 3.99. The van der Waals surface area contributed by atoms with Crippen molar-refractivity contribution < 1.29 is 13.7 Å². The number of rotatable bonds is 2. The minimum Gasteiger partial charge on any atom is -0.477 e. The topological polar surface area (TPSA) is 112 Å². The molecule has 2 heterocycles. The van der Waals surface area contributed by atoms with Crippen LogP contribution in [0.3, 0.4) is 0 Å². The first-order valence-corrected chi connectivity index (χ1v) is 11.2. The van der Waals surface area contributed by atoms with Crippen LogP contribution >= 0.6 is 0 Å². The number of benzene rings is 1. The van der Waals surface area contributed by atoms with Gasteiger partial charge in [0.25, 0.3) is 0 Å². The van der Waals surface area contributed by atoms with Crippen LogP contribution in [0.4, 0.5) is 10.5 Å². The largest absolute Gasteiger partial charge is 0.477 e. The summed E-state index contributed by atoms with van der Waals surface area (Å²) in [6.45, 7) is 3.32. The molecule has 9 heteroatoms. The number of nitrogens with one attached hydrogen (secondary N) is 1. The molecule has 1 aromatic carbocycles. The highest BCUT2D eigenvalue weighted by atomic mass is 32.2. The van der Waals surface area contributed by atoms with Crippen LogP contribution in [-0.4, -0.2) is 26.6 Å². The van der Waals surface area contributed by atoms with Crippen molar-refractivity contribution in [3.05, 3.63) is 34.5 Å². The maximum absolute atomic E-state index is 13.0. The Labute approximate surface area is 163 Å². The molecule has 1 aliphatic heterocycles. The molecule has 5 rings (SSSR count). The van der Waals surface area contributed by atoms with Crippen LogP contribution < -0.4 is 15.2 Å². The molecule has 0 spiro atoms. The summed E-state index contributed by atoms with van der Waals surface area (Å²) in [5.41, 5.74) is 5.80. The van der Waals surface area contributed by atoms with E-state index in [0.717, 1.165) is 37.8 Å². The molecule has 0 saturated carbocycles. The van der Waals surface area contributed by atoms with Crippen LogP contribution in [0.15, 0.2) is 21.5 Å². The van der Waals surface area contributed by atoms with E-state index in [1.165, 1.54) is 28.5 Å². The Morgan fingerprint density at radius 3 is 3.07 bits per heavy atom. The number of carbonyl (C=O) groups excluding carboxylic acids is 1. The van der Waals surface area contributed by atoms with Gasteiger partial charge in [-0.15, -0.1) is 4.36 Å². The second-order valence-corrected chi connectivity index (χ2v) is 9.51. The van der Waals surface area contributed by atoms with Gasteiger partial charge in [-0.2, -0.15) is 5.10 Å². The maximum Gasteiger partial charge on any atom is 0.354 e. The lowest BCUT2D eigenvalue weighted by Crippen LogP contribution is -2.23. The summed E-state index contributed by atoms with van der Waals surface area (Å²) in [7, 11) is -3.46. The number of nitrogens with zero attached hydrogens (tertiary/aromatic N) is 3. The molecule has 1 aromatic heterocycles. The molecule has 2 amide bonds. The second-order valence-electron chi connectivity index (χ2n) is 7.75. The number of carbonyl (C=O) groups is 1. The van der Waals surface area contributed by atoms with Gasteiger partial charge in [-0.1, -0.05) is 13.0 Å². The average molecular weight is 401 g/mol. The second kappa shape index (κ2) is 6.31. The number of amides is 2. The van der Waals surface area contributed by atoms with Gasteiger partial charge in [-0.3, -0.25) is 0 Å². The minimum absolute atomic E-state index is 0.169. The van der Waals surface area contributed by atoms with Crippen molar-refractivity contribution in [3.63, 3.8) is 0 Å². The first-order chi connectivity index (χ1) is 13.4. The van der Waals surface area contributed by atoms with E-state index in [4.69, 9.17) is 9.88 Å². The zero-order valence-corrected chi connectivity index (χ0v) is 16.6. The molecule has 0 fully saturated rings. The van der Waals surface area contributed by atoms with Gasteiger partial charge >= 0.3 is 6.03 Å². The molecule has 2 aliphatic carbocycles. The molecule has 0 unspecified atom stereocenters. The SMILES string of the molecule is C[C@H]1Cc2cc3c(c(NC(=O)N=[S@@](N)(=O)c4cnn5c4OCCC5)c21)CCC3. The van der Waals surface area contributed by atoms with Crippen molar-refractivity contribution in [1.29, 1.82) is 0 Å². The number of urea groups is 1. The number of nitrogens with two attached hydrogens (primary N) is 1. The predicted molar refractivity (Wildman–Crippen MR) is 105 cm³/mol. The number of hydrogen-bond donors (Lipinski definition) is 2. The summed E-state index contributed by atoms with van der Waals surface area (Å²) < 4.78 is 24.0. The lowest BCUT2D eigenvalue weighted by Gasteiger charge is -2.31. The maximum atomic E-state index is 13.0. The lowest BCUT2D eigenvalue weighted by atomic mass is 9.75. The van der Waals surface area contributed by atoms with Gasteiger partial charge in [-0.25, -0.2) is 18.8 Å². The Bertz CT molecular complexity index is 1110. The first kappa shape index (κ1) is 17.7. The molecule has 0 bridgehead atoms. The van der Waals surface area contributed by atoms with E-state index in [9.17, 15) is 9.00 Å². The smallest absolute Gasteiger partial charge is 0.354 e. The summed E-state index contributed by atoms with van der Waals surface area (Å²) in [6.07, 6.45) is 6.28. The molecule has 2 atom stereocenters. The van der Waals surface area contributed by atoms with Gasteiger partial charge in [-0.05, 0) is 53.9 Å². The Morgan fingerprint density at radius 2 is 2.25 bits per heavy atom. The van der Waals surface area contributed by atoms with Gasteiger partial charge in [0.15, 0.2) is 9.92 Å². The van der Waals surface area contributed by atoms with E-state index in [1.54, 1.807) is 4.68 Å². The molecular weight excluding hydrogens is 378 g/mol. The lowest BCUT2D eigenvalue weighted by molar-refractivity contribution is 0.224. The van der Waals surface area contributed by atoms with Crippen LogP contribution in [0.2, 0.25) is 0 Å². The fourth-order valence-corrected chi connectivity index (χ4v) is 5.55. The number of aromatic nitrogens is 2. The fraction of sp³-hybridized carbons (Fsp3) is 0.474. The number of fused-ring (bicyclic) bond motifs is 3. The van der Waals surface area contributed by atoms with E-state index in [2.05, 4.69) is 27.8 Å². The molecule has 148 valence electrons. The average Bonchev–Trinajstić information content (AvgIpc) is 3.27. The number of ether oxygens (including phenoxy) is 1. The quantitative estimate of drug-likeness (QED) is 0.806. The van der Waals surface area contributed by atoms with Gasteiger partial charge in [0.1, 0.15) is 4.90 Å². The summed E-state index contributed by atoms with van der Waals surface area (Å²) in [5, 5.41) is 13.0. The Morgan fingerprint density at radius 1 is 1.39 bits per heavy atom. The van der Waals surface area contributed by atoms with Crippen LogP contribution in [-0.2, 0) is 35.7 Å². The molecule has 3 N–H and O–H groups in total. The van der Waals surface area contributed by atoms with E-state index in [-0.39, 0.29) is 4.90 Å². The van der Waals surface area contributed by atoms with Crippen molar-refractivity contribution in [2.45, 2.75) is 56.4 Å². The molecule has 0 saturated heterocycles. The Balaban J connectivity index is 1.49. The summed E-state index contributed by atoms with van der Waals surface area (Å²) in [4.78, 5) is 12.8. The highest BCUT2D eigenvalue weighted by molar-refractivity contribution is 7.91. The third kappa shape index (κ3) is 2.72. The molecule has 28 heavy (non-hydrogen) atoms. The van der Waals surface area contributed by atoms with Crippen LogP contribution in [0, 0.1) is 0 Å². The third-order valence-corrected chi connectivity index (χ3v) is 7.17. The minimum atomic E-state index is -3.46. The van der Waals surface area contributed by atoms with Gasteiger partial charge in [0, 0.05) is 18.7 Å². The standard InChI is InChI=1S/C19H23N5O3S/c1-11-8-13-9-12-4-2-5-14(12)17(16(11)13)22-19(25)23-28(20,26)15-10-21-24-6-3-7-27-18(15)24/h9-11H,2-8H2,1H3,(H3,20,22,23,25,26)/t11-,28+/m0/s1. The summed E-state index contributed by atoms with van der Waals surface area (Å²) >= 11 is 0. The summed E-state index contributed by atoms with van der Waals surface area (Å²) in [6, 6.07) is 1.58. The molecule has 0 radical (unpaired) electrons. The highest BCUT2D eigenvalue weighted by Crippen LogP contribution is 2.45. The number of anilines is 1. The van der Waals surface area contributed by atoms with Crippen LogP contribution in [0.5, 0.6) is 5.88 Å². The van der Waals surface area contributed by atoms with Gasteiger partial charge < -0.3 is 10.1 Å². The van der Waals surface area contributed by atoms with Crippen molar-refractivity contribution >= 4 is 21.6 Å². The van der Waals surface area contributed by atoms with E-state index >= 15 is 0 Å². The van der Waals surface area contributed by atoms with Gasteiger partial charge in [0.2, 0.25) is 5.88 Å². The normalized spacial score (nSPS) is 21.4. The zero-order chi connectivity index (χ0) is 19.5. The Hall–Kier alpha value is -2.39. The van der Waals surface area contributed by atoms with Gasteiger partial charge in [0.05, 0.1) is 12.8 Å². The molecular formula is C19H23N5O3S. The summed E-state index contributed by atoms with van der Waals surface area (Å²) in [5.74, 6) is 0.739. The fourth-order valence-electron chi connectivity index (χ4n) is 4.55. The zero-order valence-electron chi connectivity index (χ0n) is 15.7. The molecule has 2 aromatic rings. The monoisotopic (exact) mass is 401 g/mol. The van der Waals surface area contributed by atoms with E-state index in [0.29, 0.717) is 24.9 Å². The third-order valence-electron chi connectivity index (χ3n) is 5.82. The van der Waals surface area contributed by atoms with Crippen molar-refractivity contribution in [1.82, 2.24) is 9.78 Å². The van der Waals surface area contributed by atoms with Crippen LogP contribution in [0.25, 0.3) is 0 Å². The van der Waals surface area contributed by atoms with Crippen LogP contribution in [0.1, 0.15) is 47.9 Å². The predicted octanol–water partition coefficient (Wildman–Crippen LogP) is 2.75. The first-order valence-electron chi connectivity index (χ1n) is 9.66. The van der Waals surface area contributed by atoms with Crippen molar-refractivity contribution in [3.8, 4) is 5.88 Å². The van der Waals surface area contributed by atoms with E-state index in [1.807, 2.05) is 0 Å². The highest BCUT2D eigenvalue weighted by Gasteiger charge is 2.31. The molecule has 3 aliphatic rings. The van der Waals surface area contributed by atoms with Crippen molar-refractivity contribution in [2.75, 3.05) is 11.9 Å². The van der Waals surface area contributed by atoms with Crippen molar-refractivity contribution in [2.24, 2.45) is 9.50 Å². The number of hydrogen-bond acceptors (Lipinski definition) is 4. The number of aryl methyl sites for hydroxylation is 2. The molecule has 8 nitrogen and oxygen atoms in total.